The molecule has 0 bridgehead atoms. The Morgan fingerprint density at radius 2 is 2.07 bits per heavy atom. The van der Waals surface area contributed by atoms with Crippen LogP contribution in [0.5, 0.6) is 0 Å². The van der Waals surface area contributed by atoms with E-state index in [4.69, 9.17) is 5.73 Å². The predicted octanol–water partition coefficient (Wildman–Crippen LogP) is 1.03. The van der Waals surface area contributed by atoms with E-state index in [2.05, 4.69) is 15.5 Å². The number of rotatable bonds is 7. The summed E-state index contributed by atoms with van der Waals surface area (Å²) in [5, 5.41) is 20.6. The highest BCUT2D eigenvalue weighted by Gasteiger charge is 2.54. The summed E-state index contributed by atoms with van der Waals surface area (Å²) in [6.45, 7) is 0.259. The van der Waals surface area contributed by atoms with Gasteiger partial charge in [-0.2, -0.15) is 0 Å². The molecule has 0 radical (unpaired) electrons. The molecule has 2 aliphatic heterocycles. The molecule has 4 rings (SSSR count). The highest BCUT2D eigenvalue weighted by molar-refractivity contribution is 8.07. The van der Waals surface area contributed by atoms with E-state index in [9.17, 15) is 19.5 Å². The molecule has 2 atom stereocenters. The first-order chi connectivity index (χ1) is 14.5. The molecule has 0 aliphatic carbocycles. The summed E-state index contributed by atoms with van der Waals surface area (Å²) < 4.78 is 0.573. The number of hydrogen-bond acceptors (Lipinski definition) is 9. The Morgan fingerprint density at radius 3 is 2.73 bits per heavy atom. The van der Waals surface area contributed by atoms with Gasteiger partial charge in [-0.25, -0.2) is 4.79 Å². The zero-order valence-electron chi connectivity index (χ0n) is 15.5. The number of aliphatic carboxylic acids is 1. The summed E-state index contributed by atoms with van der Waals surface area (Å²) in [4.78, 5) is 38.7. The van der Waals surface area contributed by atoms with Gasteiger partial charge >= 0.3 is 5.97 Å². The number of fused-ring (bicyclic) bond motifs is 1. The van der Waals surface area contributed by atoms with E-state index in [1.165, 1.54) is 39.8 Å². The maximum Gasteiger partial charge on any atom is 0.353 e. The minimum atomic E-state index is -1.19. The fourth-order valence-electron chi connectivity index (χ4n) is 3.14. The maximum absolute atomic E-state index is 12.7. The van der Waals surface area contributed by atoms with E-state index >= 15 is 0 Å². The van der Waals surface area contributed by atoms with Crippen molar-refractivity contribution in [3.8, 4) is 0 Å². The molecule has 2 aliphatic rings. The van der Waals surface area contributed by atoms with E-state index in [0.717, 1.165) is 5.56 Å². The third kappa shape index (κ3) is 4.08. The number of aromatic nitrogens is 2. The van der Waals surface area contributed by atoms with Crippen molar-refractivity contribution in [1.29, 1.82) is 0 Å². The Hall–Kier alpha value is -2.41. The lowest BCUT2D eigenvalue weighted by atomic mass is 10.0. The molecule has 2 amide bonds. The standard InChI is InChI=1S/C18H17N5O4S3/c19-7-12-21-22-18(30-12)29-10-8-28-16-13(15(25)23(16)14(10)17(26)27)20-11(24)6-9-4-2-1-3-5-9/h1-5,13,16H,6-8,19H2,(H,20,24)(H,26,27)/t13-,16+/m1/s1. The van der Waals surface area contributed by atoms with Crippen LogP contribution in [0.25, 0.3) is 0 Å². The average Bonchev–Trinajstić information content (AvgIpc) is 3.20. The smallest absolute Gasteiger partial charge is 0.353 e. The number of β-lactam (4-membered cyclic amide) rings is 1. The van der Waals surface area contributed by atoms with Crippen molar-refractivity contribution in [2.75, 3.05) is 5.75 Å². The van der Waals surface area contributed by atoms with Crippen molar-refractivity contribution >= 4 is 52.6 Å². The molecule has 0 saturated carbocycles. The van der Waals surface area contributed by atoms with Gasteiger partial charge < -0.3 is 16.2 Å². The molecule has 1 aromatic heterocycles. The van der Waals surface area contributed by atoms with Crippen molar-refractivity contribution < 1.29 is 19.5 Å². The van der Waals surface area contributed by atoms with Crippen LogP contribution < -0.4 is 11.1 Å². The molecule has 2 aromatic rings. The Balaban J connectivity index is 1.47. The fraction of sp³-hybridized carbons (Fsp3) is 0.278. The summed E-state index contributed by atoms with van der Waals surface area (Å²) >= 11 is 3.89. The molecule has 9 nitrogen and oxygen atoms in total. The molecule has 1 fully saturated rings. The second-order valence-corrected chi connectivity index (χ2v) is 9.97. The van der Waals surface area contributed by atoms with Crippen LogP contribution in [0.15, 0.2) is 45.3 Å². The third-order valence-corrected chi connectivity index (χ3v) is 8.04. The lowest BCUT2D eigenvalue weighted by Gasteiger charge is -2.49. The third-order valence-electron chi connectivity index (χ3n) is 4.49. The number of carbonyl (C=O) groups excluding carboxylic acids is 2. The molecule has 0 unspecified atom stereocenters. The number of benzene rings is 1. The van der Waals surface area contributed by atoms with E-state index in [1.54, 1.807) is 0 Å². The number of hydrogen-bond donors (Lipinski definition) is 3. The molecule has 1 saturated heterocycles. The summed E-state index contributed by atoms with van der Waals surface area (Å²) in [5.74, 6) is -1.50. The minimum absolute atomic E-state index is 0.0631. The van der Waals surface area contributed by atoms with Crippen molar-refractivity contribution in [2.24, 2.45) is 5.73 Å². The minimum Gasteiger partial charge on any atom is -0.477 e. The monoisotopic (exact) mass is 463 g/mol. The fourth-order valence-corrected chi connectivity index (χ4v) is 6.56. The van der Waals surface area contributed by atoms with Crippen LogP contribution >= 0.6 is 34.9 Å². The van der Waals surface area contributed by atoms with Crippen LogP contribution in [-0.2, 0) is 27.3 Å². The molecule has 1 aromatic carbocycles. The molecule has 0 spiro atoms. The van der Waals surface area contributed by atoms with E-state index in [-0.39, 0.29) is 24.6 Å². The van der Waals surface area contributed by atoms with Gasteiger partial charge in [0, 0.05) is 17.2 Å². The van der Waals surface area contributed by atoms with Crippen molar-refractivity contribution in [3.05, 3.63) is 51.5 Å². The number of thioether (sulfide) groups is 2. The van der Waals surface area contributed by atoms with Gasteiger partial charge in [0.05, 0.1) is 6.42 Å². The summed E-state index contributed by atoms with van der Waals surface area (Å²) in [6.07, 6.45) is 0.158. The normalized spacial score (nSPS) is 20.6. The Bertz CT molecular complexity index is 1030. The number of carboxylic acid groups (broad SMARTS) is 1. The van der Waals surface area contributed by atoms with Gasteiger partial charge in [-0.15, -0.1) is 22.0 Å². The average molecular weight is 464 g/mol. The quantitative estimate of drug-likeness (QED) is 0.514. The number of nitrogens with one attached hydrogen (secondary N) is 1. The van der Waals surface area contributed by atoms with Gasteiger partial charge in [-0.1, -0.05) is 53.4 Å². The van der Waals surface area contributed by atoms with Crippen molar-refractivity contribution in [3.63, 3.8) is 0 Å². The van der Waals surface area contributed by atoms with Crippen LogP contribution in [0.2, 0.25) is 0 Å². The Morgan fingerprint density at radius 1 is 1.30 bits per heavy atom. The molecule has 156 valence electrons. The lowest BCUT2D eigenvalue weighted by molar-refractivity contribution is -0.150. The van der Waals surface area contributed by atoms with Gasteiger partial charge in [-0.3, -0.25) is 14.5 Å². The lowest BCUT2D eigenvalue weighted by Crippen LogP contribution is -2.70. The molecule has 30 heavy (non-hydrogen) atoms. The number of carbonyl (C=O) groups is 3. The zero-order valence-corrected chi connectivity index (χ0v) is 17.9. The number of nitrogens with zero attached hydrogens (tertiary/aromatic N) is 3. The van der Waals surface area contributed by atoms with E-state index < -0.39 is 23.3 Å². The van der Waals surface area contributed by atoms with Crippen LogP contribution in [0.4, 0.5) is 0 Å². The highest BCUT2D eigenvalue weighted by Crippen LogP contribution is 2.45. The number of amides is 2. The largest absolute Gasteiger partial charge is 0.477 e. The summed E-state index contributed by atoms with van der Waals surface area (Å²) in [6, 6.07) is 8.48. The maximum atomic E-state index is 12.7. The predicted molar refractivity (Wildman–Crippen MR) is 113 cm³/mol. The molecule has 3 heterocycles. The van der Waals surface area contributed by atoms with E-state index in [1.807, 2.05) is 30.3 Å². The molecular formula is C18H17N5O4S3. The molecular weight excluding hydrogens is 446 g/mol. The highest BCUT2D eigenvalue weighted by atomic mass is 32.2. The van der Waals surface area contributed by atoms with Crippen LogP contribution in [0.3, 0.4) is 0 Å². The van der Waals surface area contributed by atoms with Crippen molar-refractivity contribution in [1.82, 2.24) is 20.4 Å². The second kappa shape index (κ2) is 8.76. The van der Waals surface area contributed by atoms with Crippen molar-refractivity contribution in [2.45, 2.75) is 28.7 Å². The van der Waals surface area contributed by atoms with E-state index in [0.29, 0.717) is 20.0 Å². The van der Waals surface area contributed by atoms with Gasteiger partial charge in [0.2, 0.25) is 5.91 Å². The SMILES string of the molecule is NCc1nnc(SC2=C(C(=O)O)N3C(=O)[C@@H](NC(=O)Cc4ccccc4)[C@@H]3SC2)s1. The number of carboxylic acids is 1. The van der Waals surface area contributed by atoms with Gasteiger partial charge in [0.15, 0.2) is 4.34 Å². The second-order valence-electron chi connectivity index (χ2n) is 6.46. The first-order valence-electron chi connectivity index (χ1n) is 8.92. The van der Waals surface area contributed by atoms with Crippen LogP contribution in [0, 0.1) is 0 Å². The van der Waals surface area contributed by atoms with Gasteiger partial charge in [0.1, 0.15) is 22.1 Å². The summed E-state index contributed by atoms with van der Waals surface area (Å²) in [7, 11) is 0. The zero-order chi connectivity index (χ0) is 21.3. The van der Waals surface area contributed by atoms with Crippen LogP contribution in [0.1, 0.15) is 10.6 Å². The summed E-state index contributed by atoms with van der Waals surface area (Å²) in [5.41, 5.74) is 6.32. The first-order valence-corrected chi connectivity index (χ1v) is 11.6. The Kier molecular flexibility index (Phi) is 6.09. The van der Waals surface area contributed by atoms with Crippen LogP contribution in [-0.4, -0.2) is 55.2 Å². The topological polar surface area (TPSA) is 139 Å². The van der Waals surface area contributed by atoms with Gasteiger partial charge in [0.25, 0.3) is 5.91 Å². The Labute approximate surface area is 184 Å². The number of nitrogens with two attached hydrogens (primary N) is 1. The van der Waals surface area contributed by atoms with Gasteiger partial charge in [-0.05, 0) is 5.56 Å². The first kappa shape index (κ1) is 20.8. The molecule has 4 N–H and O–H groups in total. The molecule has 12 heteroatoms.